The van der Waals surface area contributed by atoms with Gasteiger partial charge >= 0.3 is 0 Å². The molecular formula is C10H20N2O2S. The van der Waals surface area contributed by atoms with E-state index in [9.17, 15) is 4.79 Å². The first-order valence-corrected chi connectivity index (χ1v) is 5.41. The van der Waals surface area contributed by atoms with Gasteiger partial charge in [0.05, 0.1) is 11.0 Å². The number of nitrogens with two attached hydrogens (primary N) is 1. The molecule has 5 heteroatoms. The lowest BCUT2D eigenvalue weighted by Gasteiger charge is -2.25. The highest BCUT2D eigenvalue weighted by atomic mass is 32.1. The molecule has 15 heavy (non-hydrogen) atoms. The van der Waals surface area contributed by atoms with Gasteiger partial charge in [-0.3, -0.25) is 4.79 Å². The van der Waals surface area contributed by atoms with Gasteiger partial charge in [0.25, 0.3) is 5.91 Å². The van der Waals surface area contributed by atoms with Crippen LogP contribution in [0.1, 0.15) is 33.6 Å². The standard InChI is InChI=1S/C10H20N2O2S/c1-5-6-7(8(11)15)12-9(13)10(2,3)14-4/h7H,5-6H2,1-4H3,(H2,11,15)(H,12,13). The quantitative estimate of drug-likeness (QED) is 0.670. The third kappa shape index (κ3) is 4.57. The molecule has 0 aliphatic heterocycles. The highest BCUT2D eigenvalue weighted by Gasteiger charge is 2.29. The lowest BCUT2D eigenvalue weighted by Crippen LogP contribution is -2.51. The molecule has 0 aliphatic carbocycles. The Balaban J connectivity index is 4.41. The van der Waals surface area contributed by atoms with Crippen LogP contribution in [-0.4, -0.2) is 29.6 Å². The Morgan fingerprint density at radius 1 is 1.60 bits per heavy atom. The monoisotopic (exact) mass is 232 g/mol. The number of ether oxygens (including phenoxy) is 1. The molecule has 0 fully saturated rings. The predicted molar refractivity (Wildman–Crippen MR) is 64.7 cm³/mol. The lowest BCUT2D eigenvalue weighted by atomic mass is 10.1. The van der Waals surface area contributed by atoms with Crippen LogP contribution >= 0.6 is 12.2 Å². The van der Waals surface area contributed by atoms with Crippen LogP contribution in [0.5, 0.6) is 0 Å². The molecule has 0 rings (SSSR count). The van der Waals surface area contributed by atoms with Gasteiger partial charge in [-0.2, -0.15) is 0 Å². The molecule has 0 aromatic heterocycles. The van der Waals surface area contributed by atoms with Crippen LogP contribution in [0.15, 0.2) is 0 Å². The van der Waals surface area contributed by atoms with E-state index >= 15 is 0 Å². The Hall–Kier alpha value is -0.680. The molecule has 1 unspecified atom stereocenters. The summed E-state index contributed by atoms with van der Waals surface area (Å²) in [6.07, 6.45) is 1.66. The van der Waals surface area contributed by atoms with E-state index in [0.29, 0.717) is 4.99 Å². The molecule has 0 aromatic carbocycles. The van der Waals surface area contributed by atoms with Gasteiger partial charge in [-0.1, -0.05) is 25.6 Å². The number of hydrogen-bond donors (Lipinski definition) is 2. The molecule has 0 spiro atoms. The maximum absolute atomic E-state index is 11.7. The molecule has 0 heterocycles. The van der Waals surface area contributed by atoms with Crippen molar-refractivity contribution in [2.45, 2.75) is 45.3 Å². The minimum atomic E-state index is -0.850. The summed E-state index contributed by atoms with van der Waals surface area (Å²) in [6.45, 7) is 5.41. The van der Waals surface area contributed by atoms with Crippen molar-refractivity contribution in [1.29, 1.82) is 0 Å². The van der Waals surface area contributed by atoms with E-state index in [0.717, 1.165) is 12.8 Å². The molecule has 4 nitrogen and oxygen atoms in total. The largest absolute Gasteiger partial charge is 0.392 e. The fourth-order valence-corrected chi connectivity index (χ4v) is 1.18. The second-order valence-corrected chi connectivity index (χ2v) is 4.40. The van der Waals surface area contributed by atoms with E-state index in [-0.39, 0.29) is 11.9 Å². The van der Waals surface area contributed by atoms with Crippen molar-refractivity contribution >= 4 is 23.1 Å². The van der Waals surface area contributed by atoms with E-state index in [4.69, 9.17) is 22.7 Å². The van der Waals surface area contributed by atoms with Crippen molar-refractivity contribution in [2.75, 3.05) is 7.11 Å². The Morgan fingerprint density at radius 2 is 2.13 bits per heavy atom. The van der Waals surface area contributed by atoms with Crippen molar-refractivity contribution in [3.63, 3.8) is 0 Å². The molecule has 0 aliphatic rings. The fourth-order valence-electron chi connectivity index (χ4n) is 0.999. The molecule has 0 bridgehead atoms. The normalized spacial score (nSPS) is 13.3. The fraction of sp³-hybridized carbons (Fsp3) is 0.800. The lowest BCUT2D eigenvalue weighted by molar-refractivity contribution is -0.139. The molecule has 3 N–H and O–H groups in total. The predicted octanol–water partition coefficient (Wildman–Crippen LogP) is 0.982. The number of nitrogens with one attached hydrogen (secondary N) is 1. The van der Waals surface area contributed by atoms with Crippen LogP contribution in [0.2, 0.25) is 0 Å². The number of amides is 1. The Bertz CT molecular complexity index is 242. The summed E-state index contributed by atoms with van der Waals surface area (Å²) < 4.78 is 5.06. The van der Waals surface area contributed by atoms with Gasteiger partial charge in [-0.15, -0.1) is 0 Å². The molecule has 88 valence electrons. The van der Waals surface area contributed by atoms with Crippen molar-refractivity contribution < 1.29 is 9.53 Å². The van der Waals surface area contributed by atoms with E-state index in [1.54, 1.807) is 13.8 Å². The first-order chi connectivity index (χ1) is 6.85. The van der Waals surface area contributed by atoms with Gasteiger partial charge in [0.15, 0.2) is 0 Å². The van der Waals surface area contributed by atoms with Crippen LogP contribution in [0.4, 0.5) is 0 Å². The minimum absolute atomic E-state index is 0.198. The molecule has 1 atom stereocenters. The first kappa shape index (κ1) is 14.3. The van der Waals surface area contributed by atoms with Crippen molar-refractivity contribution in [1.82, 2.24) is 5.32 Å². The zero-order chi connectivity index (χ0) is 12.1. The number of carbonyl (C=O) groups is 1. The highest BCUT2D eigenvalue weighted by Crippen LogP contribution is 2.08. The van der Waals surface area contributed by atoms with Gasteiger partial charge in [-0.25, -0.2) is 0 Å². The van der Waals surface area contributed by atoms with E-state index < -0.39 is 5.60 Å². The SMILES string of the molecule is CCCC(NC(=O)C(C)(C)OC)C(N)=S. The molecule has 0 saturated carbocycles. The highest BCUT2D eigenvalue weighted by molar-refractivity contribution is 7.80. The third-order valence-electron chi connectivity index (χ3n) is 2.28. The topological polar surface area (TPSA) is 64.3 Å². The smallest absolute Gasteiger partial charge is 0.252 e. The second kappa shape index (κ2) is 6.02. The van der Waals surface area contributed by atoms with Crippen LogP contribution < -0.4 is 11.1 Å². The van der Waals surface area contributed by atoms with Crippen LogP contribution in [-0.2, 0) is 9.53 Å². The summed E-state index contributed by atoms with van der Waals surface area (Å²) in [4.78, 5) is 12.1. The molecular weight excluding hydrogens is 212 g/mol. The zero-order valence-electron chi connectivity index (χ0n) is 9.79. The van der Waals surface area contributed by atoms with Gasteiger partial charge < -0.3 is 15.8 Å². The van der Waals surface area contributed by atoms with Gasteiger partial charge in [0, 0.05) is 7.11 Å². The number of methoxy groups -OCH3 is 1. The summed E-state index contributed by atoms with van der Waals surface area (Å²) >= 11 is 4.88. The van der Waals surface area contributed by atoms with E-state index in [1.165, 1.54) is 7.11 Å². The third-order valence-corrected chi connectivity index (χ3v) is 2.57. The Kier molecular flexibility index (Phi) is 5.75. The van der Waals surface area contributed by atoms with Crippen molar-refractivity contribution in [3.8, 4) is 0 Å². The van der Waals surface area contributed by atoms with Crippen LogP contribution in [0.25, 0.3) is 0 Å². The summed E-state index contributed by atoms with van der Waals surface area (Å²) in [7, 11) is 1.50. The number of carbonyl (C=O) groups excluding carboxylic acids is 1. The average molecular weight is 232 g/mol. The number of rotatable bonds is 6. The van der Waals surface area contributed by atoms with Crippen molar-refractivity contribution in [2.24, 2.45) is 5.73 Å². The summed E-state index contributed by atoms with van der Waals surface area (Å²) in [6, 6.07) is -0.244. The van der Waals surface area contributed by atoms with Crippen LogP contribution in [0, 0.1) is 0 Å². The molecule has 0 radical (unpaired) electrons. The Labute approximate surface area is 96.5 Å². The Morgan fingerprint density at radius 3 is 2.47 bits per heavy atom. The maximum atomic E-state index is 11.7. The summed E-state index contributed by atoms with van der Waals surface area (Å²) in [5.41, 5.74) is 4.68. The average Bonchev–Trinajstić information content (AvgIpc) is 2.16. The molecule has 1 amide bonds. The number of thiocarbonyl (C=S) groups is 1. The second-order valence-electron chi connectivity index (χ2n) is 3.93. The van der Waals surface area contributed by atoms with Crippen molar-refractivity contribution in [3.05, 3.63) is 0 Å². The molecule has 0 saturated heterocycles. The van der Waals surface area contributed by atoms with Crippen LogP contribution in [0.3, 0.4) is 0 Å². The minimum Gasteiger partial charge on any atom is -0.392 e. The zero-order valence-corrected chi connectivity index (χ0v) is 10.6. The van der Waals surface area contributed by atoms with Gasteiger partial charge in [-0.05, 0) is 20.3 Å². The van der Waals surface area contributed by atoms with Gasteiger partial charge in [0.2, 0.25) is 0 Å². The summed E-state index contributed by atoms with van der Waals surface area (Å²) in [5.74, 6) is -0.198. The van der Waals surface area contributed by atoms with E-state index in [1.807, 2.05) is 6.92 Å². The number of hydrogen-bond acceptors (Lipinski definition) is 3. The first-order valence-electron chi connectivity index (χ1n) is 5.00. The molecule has 0 aromatic rings. The van der Waals surface area contributed by atoms with Gasteiger partial charge in [0.1, 0.15) is 5.60 Å². The maximum Gasteiger partial charge on any atom is 0.252 e. The summed E-state index contributed by atoms with van der Waals surface area (Å²) in [5, 5.41) is 2.78. The van der Waals surface area contributed by atoms with E-state index in [2.05, 4.69) is 5.32 Å².